The molecule has 3 rings (SSSR count). The maximum Gasteiger partial charge on any atom is 0.256 e. The first-order valence-electron chi connectivity index (χ1n) is 5.92. The Morgan fingerprint density at radius 2 is 2.10 bits per heavy atom. The molecule has 1 aliphatic rings. The third-order valence-electron chi connectivity index (χ3n) is 2.96. The molecular formula is C14H9Cl2N3O. The summed E-state index contributed by atoms with van der Waals surface area (Å²) in [5, 5.41) is 3.57. The van der Waals surface area contributed by atoms with E-state index < -0.39 is 0 Å². The smallest absolute Gasteiger partial charge is 0.256 e. The van der Waals surface area contributed by atoms with E-state index >= 15 is 0 Å². The molecule has 1 N–H and O–H groups in total. The van der Waals surface area contributed by atoms with Gasteiger partial charge in [-0.1, -0.05) is 23.7 Å². The first-order chi connectivity index (χ1) is 9.63. The molecular weight excluding hydrogens is 297 g/mol. The average molecular weight is 306 g/mol. The van der Waals surface area contributed by atoms with Crippen LogP contribution >= 0.6 is 23.2 Å². The van der Waals surface area contributed by atoms with Crippen LogP contribution in [-0.4, -0.2) is 15.9 Å². The Balaban J connectivity index is 1.91. The van der Waals surface area contributed by atoms with Crippen LogP contribution in [0.25, 0.3) is 5.57 Å². The van der Waals surface area contributed by atoms with Gasteiger partial charge in [0.05, 0.1) is 5.69 Å². The largest absolute Gasteiger partial charge is 0.321 e. The number of allylic oxidation sites excluding steroid dienone is 1. The standard InChI is InChI=1S/C14H9Cl2N3O/c15-8-1-3-10-11(13(20)19-12(10)7-8)4-2-9-5-6-17-14(16)18-9/h1,3-7H,2H2,(H,19,20)/b11-4+. The molecule has 0 unspecified atom stereocenters. The highest BCUT2D eigenvalue weighted by Crippen LogP contribution is 2.33. The Kier molecular flexibility index (Phi) is 3.42. The minimum atomic E-state index is -0.137. The van der Waals surface area contributed by atoms with Gasteiger partial charge in [-0.2, -0.15) is 0 Å². The van der Waals surface area contributed by atoms with Crippen LogP contribution in [0.1, 0.15) is 11.3 Å². The van der Waals surface area contributed by atoms with E-state index in [-0.39, 0.29) is 11.2 Å². The molecule has 20 heavy (non-hydrogen) atoms. The second-order valence-corrected chi connectivity index (χ2v) is 5.06. The SMILES string of the molecule is O=C1Nc2cc(Cl)ccc2/C1=C\Cc1ccnc(Cl)n1. The van der Waals surface area contributed by atoms with E-state index in [1.54, 1.807) is 24.4 Å². The molecule has 0 fully saturated rings. The molecule has 6 heteroatoms. The third kappa shape index (κ3) is 2.53. The van der Waals surface area contributed by atoms with Crippen LogP contribution in [-0.2, 0) is 11.2 Å². The van der Waals surface area contributed by atoms with Gasteiger partial charge < -0.3 is 5.32 Å². The molecule has 2 heterocycles. The fourth-order valence-corrected chi connectivity index (χ4v) is 2.40. The molecule has 1 aromatic carbocycles. The van der Waals surface area contributed by atoms with Crippen LogP contribution in [0, 0.1) is 0 Å². The van der Waals surface area contributed by atoms with E-state index in [9.17, 15) is 4.79 Å². The Hall–Kier alpha value is -1.91. The predicted molar refractivity (Wildman–Crippen MR) is 78.8 cm³/mol. The number of rotatable bonds is 2. The number of anilines is 1. The van der Waals surface area contributed by atoms with Crippen molar-refractivity contribution in [3.05, 3.63) is 58.1 Å². The topological polar surface area (TPSA) is 54.9 Å². The minimum Gasteiger partial charge on any atom is -0.321 e. The van der Waals surface area contributed by atoms with Gasteiger partial charge in [-0.25, -0.2) is 9.97 Å². The number of hydrogen-bond acceptors (Lipinski definition) is 3. The van der Waals surface area contributed by atoms with Gasteiger partial charge in [-0.05, 0) is 29.8 Å². The number of fused-ring (bicyclic) bond motifs is 1. The molecule has 1 aliphatic heterocycles. The zero-order valence-electron chi connectivity index (χ0n) is 10.2. The lowest BCUT2D eigenvalue weighted by Crippen LogP contribution is -2.04. The van der Waals surface area contributed by atoms with Crippen molar-refractivity contribution in [3.63, 3.8) is 0 Å². The van der Waals surface area contributed by atoms with Crippen LogP contribution in [0.2, 0.25) is 10.3 Å². The highest BCUT2D eigenvalue weighted by Gasteiger charge is 2.23. The number of aromatic nitrogens is 2. The number of nitrogens with zero attached hydrogens (tertiary/aromatic N) is 2. The summed E-state index contributed by atoms with van der Waals surface area (Å²) in [6, 6.07) is 7.08. The van der Waals surface area contributed by atoms with Crippen molar-refractivity contribution in [3.8, 4) is 0 Å². The minimum absolute atomic E-state index is 0.137. The maximum atomic E-state index is 11.9. The van der Waals surface area contributed by atoms with E-state index in [0.717, 1.165) is 16.9 Å². The fraction of sp³-hybridized carbons (Fsp3) is 0.0714. The summed E-state index contributed by atoms with van der Waals surface area (Å²) in [6.07, 6.45) is 3.92. The van der Waals surface area contributed by atoms with Gasteiger partial charge in [-0.15, -0.1) is 0 Å². The summed E-state index contributed by atoms with van der Waals surface area (Å²) in [5.74, 6) is -0.137. The van der Waals surface area contributed by atoms with Gasteiger partial charge in [0.25, 0.3) is 5.91 Å². The number of halogens is 2. The molecule has 100 valence electrons. The zero-order chi connectivity index (χ0) is 14.1. The van der Waals surface area contributed by atoms with Crippen LogP contribution < -0.4 is 5.32 Å². The number of amides is 1. The molecule has 1 amide bonds. The number of carbonyl (C=O) groups is 1. The van der Waals surface area contributed by atoms with Gasteiger partial charge in [0.15, 0.2) is 0 Å². The normalized spacial score (nSPS) is 15.3. The molecule has 0 radical (unpaired) electrons. The van der Waals surface area contributed by atoms with E-state index in [2.05, 4.69) is 15.3 Å². The van der Waals surface area contributed by atoms with Gasteiger partial charge >= 0.3 is 0 Å². The molecule has 1 aromatic heterocycles. The van der Waals surface area contributed by atoms with Gasteiger partial charge in [-0.3, -0.25) is 4.79 Å². The number of hydrogen-bond donors (Lipinski definition) is 1. The summed E-state index contributed by atoms with van der Waals surface area (Å²) in [5.41, 5.74) is 2.95. The molecule has 0 atom stereocenters. The first-order valence-corrected chi connectivity index (χ1v) is 6.68. The van der Waals surface area contributed by atoms with Crippen LogP contribution in [0.15, 0.2) is 36.5 Å². The van der Waals surface area contributed by atoms with Crippen molar-refractivity contribution in [2.75, 3.05) is 5.32 Å². The monoisotopic (exact) mass is 305 g/mol. The Labute approximate surface area is 125 Å². The first kappa shape index (κ1) is 13.1. The Bertz CT molecular complexity index is 728. The van der Waals surface area contributed by atoms with Crippen molar-refractivity contribution in [1.82, 2.24) is 9.97 Å². The molecule has 0 saturated heterocycles. The van der Waals surface area contributed by atoms with Gasteiger partial charge in [0, 0.05) is 34.5 Å². The second kappa shape index (κ2) is 5.23. The highest BCUT2D eigenvalue weighted by molar-refractivity contribution is 6.34. The van der Waals surface area contributed by atoms with E-state index in [0.29, 0.717) is 17.0 Å². The van der Waals surface area contributed by atoms with Crippen molar-refractivity contribution in [2.45, 2.75) is 6.42 Å². The quantitative estimate of drug-likeness (QED) is 0.683. The van der Waals surface area contributed by atoms with Crippen LogP contribution in [0.4, 0.5) is 5.69 Å². The lowest BCUT2D eigenvalue weighted by atomic mass is 10.1. The van der Waals surface area contributed by atoms with Crippen molar-refractivity contribution < 1.29 is 4.79 Å². The number of nitrogens with one attached hydrogen (secondary N) is 1. The zero-order valence-corrected chi connectivity index (χ0v) is 11.7. The summed E-state index contributed by atoms with van der Waals surface area (Å²) < 4.78 is 0. The third-order valence-corrected chi connectivity index (χ3v) is 3.38. The molecule has 0 saturated carbocycles. The number of carbonyl (C=O) groups excluding carboxylic acids is 1. The van der Waals surface area contributed by atoms with Crippen molar-refractivity contribution in [2.24, 2.45) is 0 Å². The van der Waals surface area contributed by atoms with Gasteiger partial charge in [0.2, 0.25) is 5.28 Å². The second-order valence-electron chi connectivity index (χ2n) is 4.28. The summed E-state index contributed by atoms with van der Waals surface area (Å²) in [6.45, 7) is 0. The van der Waals surface area contributed by atoms with E-state index in [1.165, 1.54) is 0 Å². The average Bonchev–Trinajstić information content (AvgIpc) is 2.71. The molecule has 0 bridgehead atoms. The highest BCUT2D eigenvalue weighted by atomic mass is 35.5. The van der Waals surface area contributed by atoms with Crippen LogP contribution in [0.3, 0.4) is 0 Å². The molecule has 0 aliphatic carbocycles. The van der Waals surface area contributed by atoms with Crippen molar-refractivity contribution in [1.29, 1.82) is 0 Å². The molecule has 2 aromatic rings. The van der Waals surface area contributed by atoms with Crippen LogP contribution in [0.5, 0.6) is 0 Å². The Morgan fingerprint density at radius 1 is 1.25 bits per heavy atom. The predicted octanol–water partition coefficient (Wildman–Crippen LogP) is 3.36. The summed E-state index contributed by atoms with van der Waals surface area (Å²) in [7, 11) is 0. The van der Waals surface area contributed by atoms with E-state index in [1.807, 2.05) is 12.1 Å². The maximum absolute atomic E-state index is 11.9. The van der Waals surface area contributed by atoms with Crippen molar-refractivity contribution >= 4 is 40.4 Å². The Morgan fingerprint density at radius 3 is 2.90 bits per heavy atom. The molecule has 4 nitrogen and oxygen atoms in total. The summed E-state index contributed by atoms with van der Waals surface area (Å²) in [4.78, 5) is 19.9. The van der Waals surface area contributed by atoms with Gasteiger partial charge in [0.1, 0.15) is 0 Å². The van der Waals surface area contributed by atoms with E-state index in [4.69, 9.17) is 23.2 Å². The number of benzene rings is 1. The summed E-state index contributed by atoms with van der Waals surface area (Å²) >= 11 is 11.6. The lowest BCUT2D eigenvalue weighted by molar-refractivity contribution is -0.110. The lowest BCUT2D eigenvalue weighted by Gasteiger charge is -1.99. The fourth-order valence-electron chi connectivity index (χ4n) is 2.06. The molecule has 0 spiro atoms.